The van der Waals surface area contributed by atoms with E-state index in [0.29, 0.717) is 10.8 Å². The van der Waals surface area contributed by atoms with Crippen LogP contribution in [0.4, 0.5) is 0 Å². The summed E-state index contributed by atoms with van der Waals surface area (Å²) in [6, 6.07) is 21.8. The molecule has 0 bridgehead atoms. The van der Waals surface area contributed by atoms with Gasteiger partial charge in [-0.2, -0.15) is 0 Å². The fourth-order valence-corrected chi connectivity index (χ4v) is 4.53. The van der Waals surface area contributed by atoms with Gasteiger partial charge in [-0.1, -0.05) is 54.1 Å². The van der Waals surface area contributed by atoms with E-state index in [-0.39, 0.29) is 11.4 Å². The van der Waals surface area contributed by atoms with Crippen molar-refractivity contribution in [3.05, 3.63) is 88.4 Å². The van der Waals surface area contributed by atoms with Crippen LogP contribution in [-0.4, -0.2) is 6.54 Å². The summed E-state index contributed by atoms with van der Waals surface area (Å²) >= 11 is 14.5. The number of fused-ring (bicyclic) bond motifs is 1. The summed E-state index contributed by atoms with van der Waals surface area (Å²) in [6.45, 7) is 2.01. The first-order chi connectivity index (χ1) is 14.1. The van der Waals surface area contributed by atoms with E-state index in [0.717, 1.165) is 26.8 Å². The third-order valence-corrected chi connectivity index (χ3v) is 6.10. The lowest BCUT2D eigenvalue weighted by molar-refractivity contribution is 0.191. The number of hydrogen-bond acceptors (Lipinski definition) is 4. The van der Waals surface area contributed by atoms with Crippen LogP contribution in [0.2, 0.25) is 5.02 Å². The van der Waals surface area contributed by atoms with Crippen molar-refractivity contribution in [1.29, 1.82) is 1.43 Å². The number of thioether (sulfide) groups is 1. The van der Waals surface area contributed by atoms with Crippen molar-refractivity contribution < 1.29 is 9.85 Å². The standard InChI is InChI=1S/C21H17ClO2S.IPS/c1-13-11-19-18(12-17(13)22)24-20(14-7-9-16(23)10-8-14)21(25-19)15-5-3-2-4-6-15;1-2-3/h2-12,20-21,23H,1H3;/t20-,21+;/m1./s1/i/hT. The summed E-state index contributed by atoms with van der Waals surface area (Å²) in [6.07, 6.45) is -0.159. The van der Waals surface area contributed by atoms with E-state index in [4.69, 9.17) is 17.8 Å². The number of aryl methyl sites for hydroxylation is 1. The Bertz CT molecular complexity index is 976. The lowest BCUT2D eigenvalue weighted by Crippen LogP contribution is -2.19. The van der Waals surface area contributed by atoms with Gasteiger partial charge in [-0.05, 0) is 75.7 Å². The highest BCUT2D eigenvalue weighted by Gasteiger charge is 2.33. The average molecular weight is 561 g/mol. The molecule has 28 heavy (non-hydrogen) atoms. The third kappa shape index (κ3) is 5.19. The predicted molar refractivity (Wildman–Crippen MR) is 131 cm³/mol. The number of hydrogen-bond donors (Lipinski definition) is 1. The molecule has 1 aliphatic heterocycles. The minimum atomic E-state index is -0.159. The molecule has 4 rings (SSSR count). The molecule has 1 N–H and O–H groups in total. The maximum absolute atomic E-state index is 7.02. The predicted octanol–water partition coefficient (Wildman–Crippen LogP) is 8.07. The maximum Gasteiger partial charge on any atom is 0.293 e. The van der Waals surface area contributed by atoms with Crippen LogP contribution in [0.1, 0.15) is 28.0 Å². The van der Waals surface area contributed by atoms with Gasteiger partial charge in [0.05, 0.1) is 10.1 Å². The molecule has 0 saturated carbocycles. The molecule has 2 nitrogen and oxygen atoms in total. The molecule has 2 atom stereocenters. The average Bonchev–Trinajstić information content (AvgIpc) is 2.75. The molecular formula is C21H17ClIO2PS2. The van der Waals surface area contributed by atoms with Gasteiger partial charge in [0.1, 0.15) is 17.6 Å². The first-order valence-corrected chi connectivity index (χ1v) is 14.4. The van der Waals surface area contributed by atoms with Crippen molar-refractivity contribution in [3.63, 3.8) is 0 Å². The normalized spacial score (nSPS) is 18.2. The van der Waals surface area contributed by atoms with Crippen molar-refractivity contribution in [3.8, 4) is 11.5 Å². The molecule has 1 aliphatic rings. The van der Waals surface area contributed by atoms with Crippen molar-refractivity contribution >= 4 is 62.2 Å². The summed E-state index contributed by atoms with van der Waals surface area (Å²) in [5, 5.41) is 5.36. The van der Waals surface area contributed by atoms with E-state index in [9.17, 15) is 0 Å². The topological polar surface area (TPSA) is 29.5 Å². The van der Waals surface area contributed by atoms with Gasteiger partial charge in [-0.15, -0.1) is 11.8 Å². The number of aromatic hydroxyl groups is 1. The lowest BCUT2D eigenvalue weighted by atomic mass is 10.00. The first kappa shape index (κ1) is 20.4. The zero-order chi connectivity index (χ0) is 20.8. The van der Waals surface area contributed by atoms with Crippen LogP contribution in [0.15, 0.2) is 71.6 Å². The smallest absolute Gasteiger partial charge is 0.293 e. The van der Waals surface area contributed by atoms with Gasteiger partial charge in [0.2, 0.25) is 0 Å². The molecule has 3 aromatic rings. The summed E-state index contributed by atoms with van der Waals surface area (Å²) in [5.74, 6) is 1.32. The van der Waals surface area contributed by atoms with Crippen molar-refractivity contribution in [2.75, 3.05) is 0 Å². The number of benzene rings is 3. The fraction of sp³-hybridized carbons (Fsp3) is 0.143. The first-order valence-electron chi connectivity index (χ1n) is 8.83. The van der Waals surface area contributed by atoms with Crippen LogP contribution in [-0.2, 0) is 11.8 Å². The quantitative estimate of drug-likeness (QED) is 0.259. The minimum absolute atomic E-state index is 0.118. The second-order valence-corrected chi connectivity index (χ2v) is 11.9. The maximum atomic E-state index is 7.02. The Morgan fingerprint density at radius 3 is 2.46 bits per heavy atom. The molecule has 3 aromatic carbocycles. The van der Waals surface area contributed by atoms with Gasteiger partial charge in [0, 0.05) is 16.1 Å². The highest BCUT2D eigenvalue weighted by Crippen LogP contribution is 2.54. The van der Waals surface area contributed by atoms with Crippen LogP contribution in [0.5, 0.6) is 11.5 Å². The lowest BCUT2D eigenvalue weighted by Gasteiger charge is -2.34. The molecule has 7 heteroatoms. The molecule has 0 fully saturated rings. The molecule has 0 aromatic heterocycles. The second kappa shape index (κ2) is 10.3. The van der Waals surface area contributed by atoms with Gasteiger partial charge >= 0.3 is 0 Å². The van der Waals surface area contributed by atoms with Crippen LogP contribution >= 0.6 is 50.4 Å². The van der Waals surface area contributed by atoms with E-state index >= 15 is 0 Å². The van der Waals surface area contributed by atoms with Gasteiger partial charge in [-0.25, -0.2) is 0 Å². The van der Waals surface area contributed by atoms with E-state index in [1.54, 1.807) is 23.9 Å². The van der Waals surface area contributed by atoms with Crippen LogP contribution < -0.4 is 4.74 Å². The molecule has 0 radical (unpaired) electrons. The molecule has 144 valence electrons. The van der Waals surface area contributed by atoms with Crippen LogP contribution in [0.25, 0.3) is 0 Å². The SMILES string of the molecule is S=PI.[3H]Oc1ccc([C@H]2Oc3cc(Cl)c(C)cc3S[C@H]2c2ccccc2)cc1. The highest BCUT2D eigenvalue weighted by molar-refractivity contribution is 14.2. The zero-order valence-electron chi connectivity index (χ0n) is 15.8. The van der Waals surface area contributed by atoms with E-state index in [1.807, 2.05) is 43.3 Å². The van der Waals surface area contributed by atoms with Crippen LogP contribution in [0.3, 0.4) is 0 Å². The fourth-order valence-electron chi connectivity index (χ4n) is 3.00. The monoisotopic (exact) mass is 560 g/mol. The highest BCUT2D eigenvalue weighted by atomic mass is 127. The number of phenols is 1. The van der Waals surface area contributed by atoms with Gasteiger partial charge < -0.3 is 9.85 Å². The van der Waals surface area contributed by atoms with Crippen molar-refractivity contribution in [2.24, 2.45) is 0 Å². The Hall–Kier alpha value is -0.850. The molecule has 0 spiro atoms. The largest absolute Gasteiger partial charge is 0.508 e. The second-order valence-electron chi connectivity index (χ2n) is 6.17. The van der Waals surface area contributed by atoms with Crippen LogP contribution in [0, 0.1) is 6.92 Å². The Morgan fingerprint density at radius 1 is 1.14 bits per heavy atom. The molecule has 0 unspecified atom stereocenters. The number of rotatable bonds is 3. The van der Waals surface area contributed by atoms with E-state index in [2.05, 4.69) is 57.2 Å². The van der Waals surface area contributed by atoms with Crippen molar-refractivity contribution in [2.45, 2.75) is 23.2 Å². The summed E-state index contributed by atoms with van der Waals surface area (Å²) in [4.78, 5) is 2.07. The van der Waals surface area contributed by atoms with E-state index < -0.39 is 0 Å². The minimum Gasteiger partial charge on any atom is -0.508 e. The number of ether oxygens (including phenoxy) is 1. The molecule has 0 aliphatic carbocycles. The molecule has 1 heterocycles. The number of phenolic OH excluding ortho intramolecular Hbond substituents is 1. The summed E-state index contributed by atoms with van der Waals surface area (Å²) in [7, 11) is 0. The Labute approximate surface area is 195 Å². The Kier molecular flexibility index (Phi) is 7.48. The Balaban J connectivity index is 0.000000755. The summed E-state index contributed by atoms with van der Waals surface area (Å²) in [5.41, 5.74) is 3.29. The molecule has 0 amide bonds. The number of halogens is 2. The summed E-state index contributed by atoms with van der Waals surface area (Å²) < 4.78 is 13.4. The van der Waals surface area contributed by atoms with E-state index in [1.165, 1.54) is 5.56 Å². The third-order valence-electron chi connectivity index (χ3n) is 4.34. The molecule has 0 saturated heterocycles. The van der Waals surface area contributed by atoms with Gasteiger partial charge in [0.25, 0.3) is 1.43 Å². The van der Waals surface area contributed by atoms with Gasteiger partial charge in [0.15, 0.2) is 0 Å². The van der Waals surface area contributed by atoms with Gasteiger partial charge in [-0.3, -0.25) is 0 Å². The zero-order valence-corrected chi connectivity index (χ0v) is 20.3. The van der Waals surface area contributed by atoms with Crippen molar-refractivity contribution in [1.82, 2.24) is 0 Å². The molecular weight excluding hydrogens is 542 g/mol. The Morgan fingerprint density at radius 2 is 1.82 bits per heavy atom.